The van der Waals surface area contributed by atoms with E-state index in [9.17, 15) is 4.39 Å². The Bertz CT molecular complexity index is 869. The van der Waals surface area contributed by atoms with E-state index >= 15 is 0 Å². The molecule has 134 valence electrons. The first kappa shape index (κ1) is 17.0. The van der Waals surface area contributed by atoms with Crippen molar-refractivity contribution >= 4 is 0 Å². The summed E-state index contributed by atoms with van der Waals surface area (Å²) in [6.07, 6.45) is 7.16. The Kier molecular flexibility index (Phi) is 4.85. The molecule has 26 heavy (non-hydrogen) atoms. The number of benzene rings is 2. The van der Waals surface area contributed by atoms with Crippen LogP contribution in [0.15, 0.2) is 61.1 Å². The van der Waals surface area contributed by atoms with Crippen molar-refractivity contribution in [3.8, 4) is 11.3 Å². The highest BCUT2D eigenvalue weighted by Crippen LogP contribution is 2.36. The predicted octanol–water partition coefficient (Wildman–Crippen LogP) is 4.70. The van der Waals surface area contributed by atoms with E-state index in [0.29, 0.717) is 6.04 Å². The second kappa shape index (κ2) is 7.42. The van der Waals surface area contributed by atoms with Crippen molar-refractivity contribution in [2.75, 3.05) is 13.6 Å². The molecule has 2 aromatic carbocycles. The Hall–Kier alpha value is -2.46. The van der Waals surface area contributed by atoms with Crippen LogP contribution in [0.3, 0.4) is 0 Å². The molecule has 2 heterocycles. The second-order valence-electron chi connectivity index (χ2n) is 7.07. The van der Waals surface area contributed by atoms with Crippen LogP contribution in [0.5, 0.6) is 0 Å². The summed E-state index contributed by atoms with van der Waals surface area (Å²) < 4.78 is 15.3. The van der Waals surface area contributed by atoms with Gasteiger partial charge in [-0.05, 0) is 56.1 Å². The van der Waals surface area contributed by atoms with Gasteiger partial charge in [0.1, 0.15) is 5.82 Å². The van der Waals surface area contributed by atoms with Crippen molar-refractivity contribution in [2.45, 2.75) is 31.8 Å². The van der Waals surface area contributed by atoms with Crippen molar-refractivity contribution in [3.63, 3.8) is 0 Å². The van der Waals surface area contributed by atoms with E-state index in [4.69, 9.17) is 0 Å². The van der Waals surface area contributed by atoms with Crippen molar-refractivity contribution in [1.82, 2.24) is 14.5 Å². The SMILES string of the molecule is CN1CCCC1c1ccccc1-c1cncn1CCc1ccc(F)cc1. The molecule has 4 heteroatoms. The van der Waals surface area contributed by atoms with E-state index in [-0.39, 0.29) is 5.82 Å². The molecule has 1 saturated heterocycles. The lowest BCUT2D eigenvalue weighted by molar-refractivity contribution is 0.318. The molecule has 0 saturated carbocycles. The lowest BCUT2D eigenvalue weighted by Gasteiger charge is -2.23. The molecular weight excluding hydrogens is 325 g/mol. The molecule has 4 rings (SSSR count). The fraction of sp³-hybridized carbons (Fsp3) is 0.318. The van der Waals surface area contributed by atoms with Crippen LogP contribution in [0.1, 0.15) is 30.0 Å². The first-order valence-corrected chi connectivity index (χ1v) is 9.26. The van der Waals surface area contributed by atoms with Crippen LogP contribution in [0.2, 0.25) is 0 Å². The third kappa shape index (κ3) is 3.42. The number of hydrogen-bond donors (Lipinski definition) is 0. The molecule has 1 aromatic heterocycles. The molecule has 0 radical (unpaired) electrons. The number of nitrogens with zero attached hydrogens (tertiary/aromatic N) is 3. The fourth-order valence-electron chi connectivity index (χ4n) is 3.95. The summed E-state index contributed by atoms with van der Waals surface area (Å²) in [5.74, 6) is -0.188. The minimum atomic E-state index is -0.188. The maximum absolute atomic E-state index is 13.1. The summed E-state index contributed by atoms with van der Waals surface area (Å²) in [5, 5.41) is 0. The van der Waals surface area contributed by atoms with Gasteiger partial charge in [0, 0.05) is 18.2 Å². The van der Waals surface area contributed by atoms with Crippen LogP contribution < -0.4 is 0 Å². The van der Waals surface area contributed by atoms with Crippen LogP contribution in [0.4, 0.5) is 4.39 Å². The van der Waals surface area contributed by atoms with Gasteiger partial charge in [-0.1, -0.05) is 36.4 Å². The molecule has 1 aliphatic rings. The highest BCUT2D eigenvalue weighted by molar-refractivity contribution is 5.64. The molecular formula is C22H24FN3. The van der Waals surface area contributed by atoms with Gasteiger partial charge in [-0.25, -0.2) is 9.37 Å². The van der Waals surface area contributed by atoms with Gasteiger partial charge >= 0.3 is 0 Å². The maximum atomic E-state index is 13.1. The van der Waals surface area contributed by atoms with Crippen LogP contribution in [0, 0.1) is 5.82 Å². The van der Waals surface area contributed by atoms with Gasteiger partial charge < -0.3 is 4.57 Å². The number of hydrogen-bond acceptors (Lipinski definition) is 2. The third-order valence-electron chi connectivity index (χ3n) is 5.38. The zero-order valence-corrected chi connectivity index (χ0v) is 15.1. The van der Waals surface area contributed by atoms with Gasteiger partial charge in [-0.3, -0.25) is 4.90 Å². The zero-order valence-electron chi connectivity index (χ0n) is 15.1. The van der Waals surface area contributed by atoms with E-state index in [1.807, 2.05) is 24.7 Å². The van der Waals surface area contributed by atoms with E-state index in [1.165, 1.54) is 36.1 Å². The van der Waals surface area contributed by atoms with Crippen molar-refractivity contribution in [2.24, 2.45) is 0 Å². The topological polar surface area (TPSA) is 21.1 Å². The number of aromatic nitrogens is 2. The predicted molar refractivity (Wildman–Crippen MR) is 102 cm³/mol. The van der Waals surface area contributed by atoms with Crippen molar-refractivity contribution in [1.29, 1.82) is 0 Å². The maximum Gasteiger partial charge on any atom is 0.123 e. The average molecular weight is 349 g/mol. The summed E-state index contributed by atoms with van der Waals surface area (Å²) in [6.45, 7) is 1.98. The molecule has 1 atom stereocenters. The molecule has 1 unspecified atom stereocenters. The van der Waals surface area contributed by atoms with E-state index in [2.05, 4.69) is 45.8 Å². The highest BCUT2D eigenvalue weighted by atomic mass is 19.1. The molecule has 0 spiro atoms. The minimum Gasteiger partial charge on any atom is -0.330 e. The minimum absolute atomic E-state index is 0.188. The summed E-state index contributed by atoms with van der Waals surface area (Å²) in [7, 11) is 2.21. The largest absolute Gasteiger partial charge is 0.330 e. The van der Waals surface area contributed by atoms with Gasteiger partial charge in [0.05, 0.1) is 18.2 Å². The van der Waals surface area contributed by atoms with Gasteiger partial charge in [-0.15, -0.1) is 0 Å². The molecule has 1 fully saturated rings. The van der Waals surface area contributed by atoms with Gasteiger partial charge in [-0.2, -0.15) is 0 Å². The monoisotopic (exact) mass is 349 g/mol. The Morgan fingerprint density at radius 1 is 1.12 bits per heavy atom. The number of likely N-dealkylation sites (tertiary alicyclic amines) is 1. The molecule has 1 aliphatic heterocycles. The zero-order chi connectivity index (χ0) is 17.9. The molecule has 3 aromatic rings. The third-order valence-corrected chi connectivity index (χ3v) is 5.38. The lowest BCUT2D eigenvalue weighted by atomic mass is 9.96. The first-order chi connectivity index (χ1) is 12.7. The van der Waals surface area contributed by atoms with E-state index in [1.54, 1.807) is 0 Å². The Morgan fingerprint density at radius 2 is 1.92 bits per heavy atom. The lowest BCUT2D eigenvalue weighted by Crippen LogP contribution is -2.18. The summed E-state index contributed by atoms with van der Waals surface area (Å²) in [5.41, 5.74) is 4.94. The summed E-state index contributed by atoms with van der Waals surface area (Å²) in [4.78, 5) is 6.84. The Balaban J connectivity index is 1.60. The van der Waals surface area contributed by atoms with Gasteiger partial charge in [0.15, 0.2) is 0 Å². The Labute approximate surface area is 154 Å². The average Bonchev–Trinajstić information content (AvgIpc) is 3.30. The Morgan fingerprint density at radius 3 is 2.69 bits per heavy atom. The number of halogens is 1. The number of imidazole rings is 1. The fourth-order valence-corrected chi connectivity index (χ4v) is 3.95. The standard InChI is InChI=1S/C22H24FN3/c1-25-13-4-7-21(25)19-5-2-3-6-20(19)22-15-24-16-26(22)14-12-17-8-10-18(23)11-9-17/h2-3,5-6,8-11,15-16,21H,4,7,12-14H2,1H3. The molecule has 0 aliphatic carbocycles. The smallest absolute Gasteiger partial charge is 0.123 e. The van der Waals surface area contributed by atoms with Crippen molar-refractivity contribution < 1.29 is 4.39 Å². The number of aryl methyl sites for hydroxylation is 2. The van der Waals surface area contributed by atoms with Crippen LogP contribution in [-0.4, -0.2) is 28.0 Å². The van der Waals surface area contributed by atoms with E-state index < -0.39 is 0 Å². The van der Waals surface area contributed by atoms with Crippen LogP contribution >= 0.6 is 0 Å². The quantitative estimate of drug-likeness (QED) is 0.666. The van der Waals surface area contributed by atoms with Gasteiger partial charge in [0.2, 0.25) is 0 Å². The highest BCUT2D eigenvalue weighted by Gasteiger charge is 2.25. The van der Waals surface area contributed by atoms with Crippen LogP contribution in [-0.2, 0) is 13.0 Å². The molecule has 0 bridgehead atoms. The summed E-state index contributed by atoms with van der Waals surface area (Å²) >= 11 is 0. The summed E-state index contributed by atoms with van der Waals surface area (Å²) in [6, 6.07) is 15.9. The number of rotatable bonds is 5. The van der Waals surface area contributed by atoms with Crippen molar-refractivity contribution in [3.05, 3.63) is 78.0 Å². The van der Waals surface area contributed by atoms with E-state index in [0.717, 1.165) is 30.8 Å². The second-order valence-corrected chi connectivity index (χ2v) is 7.07. The molecule has 3 nitrogen and oxygen atoms in total. The van der Waals surface area contributed by atoms with Crippen LogP contribution in [0.25, 0.3) is 11.3 Å². The molecule has 0 amide bonds. The molecule has 0 N–H and O–H groups in total. The normalized spacial score (nSPS) is 17.7. The van der Waals surface area contributed by atoms with Gasteiger partial charge in [0.25, 0.3) is 0 Å². The first-order valence-electron chi connectivity index (χ1n) is 9.26.